The van der Waals surface area contributed by atoms with Crippen LogP contribution >= 0.6 is 0 Å². The number of hydrogen-bond acceptors (Lipinski definition) is 4. The first kappa shape index (κ1) is 17.5. The van der Waals surface area contributed by atoms with Gasteiger partial charge in [0.25, 0.3) is 5.91 Å². The molecule has 1 aliphatic rings. The molecule has 7 heteroatoms. The fourth-order valence-electron chi connectivity index (χ4n) is 3.77. The summed E-state index contributed by atoms with van der Waals surface area (Å²) in [5, 5.41) is 1.58. The van der Waals surface area contributed by atoms with Crippen LogP contribution < -0.4 is 10.4 Å². The summed E-state index contributed by atoms with van der Waals surface area (Å²) < 4.78 is 24.4. The van der Waals surface area contributed by atoms with Crippen molar-refractivity contribution >= 4 is 27.8 Å². The maximum Gasteiger partial charge on any atom is 0.336 e. The van der Waals surface area contributed by atoms with Crippen molar-refractivity contribution in [3.63, 3.8) is 0 Å². The van der Waals surface area contributed by atoms with Crippen molar-refractivity contribution in [2.45, 2.75) is 13.0 Å². The molecular formula is C22H17FN2O4. The molecule has 29 heavy (non-hydrogen) atoms. The number of nitrogens with zero attached hydrogens (tertiary/aromatic N) is 1. The van der Waals surface area contributed by atoms with Gasteiger partial charge in [0.1, 0.15) is 17.1 Å². The Bertz CT molecular complexity index is 1310. The van der Waals surface area contributed by atoms with Crippen LogP contribution in [0.2, 0.25) is 0 Å². The highest BCUT2D eigenvalue weighted by Gasteiger charge is 2.24. The van der Waals surface area contributed by atoms with E-state index in [-0.39, 0.29) is 18.3 Å². The third kappa shape index (κ3) is 3.24. The fraction of sp³-hybridized carbons (Fsp3) is 0.182. The SMILES string of the molecule is O=C(COc1ccc2ccc(=O)oc2c1)N1CCc2[nH]c3ccc(F)cc3c2C1. The molecule has 0 unspecified atom stereocenters. The van der Waals surface area contributed by atoms with E-state index in [1.807, 2.05) is 0 Å². The number of ether oxygens (including phenoxy) is 1. The number of aromatic amines is 1. The monoisotopic (exact) mass is 392 g/mol. The molecule has 0 saturated heterocycles. The molecular weight excluding hydrogens is 375 g/mol. The van der Waals surface area contributed by atoms with Gasteiger partial charge in [0.05, 0.1) is 0 Å². The molecule has 6 nitrogen and oxygen atoms in total. The number of carbonyl (C=O) groups is 1. The molecule has 1 aliphatic heterocycles. The lowest BCUT2D eigenvalue weighted by Crippen LogP contribution is -2.38. The number of H-pyrrole nitrogens is 1. The number of halogens is 1. The van der Waals surface area contributed by atoms with Gasteiger partial charge >= 0.3 is 5.63 Å². The van der Waals surface area contributed by atoms with Crippen molar-refractivity contribution in [2.24, 2.45) is 0 Å². The average molecular weight is 392 g/mol. The third-order valence-electron chi connectivity index (χ3n) is 5.25. The van der Waals surface area contributed by atoms with E-state index in [4.69, 9.17) is 9.15 Å². The summed E-state index contributed by atoms with van der Waals surface area (Å²) in [6.45, 7) is 0.847. The first-order valence-corrected chi connectivity index (χ1v) is 9.30. The first-order chi connectivity index (χ1) is 14.1. The van der Waals surface area contributed by atoms with Crippen molar-refractivity contribution in [1.29, 1.82) is 0 Å². The molecule has 5 rings (SSSR count). The minimum atomic E-state index is -0.440. The Kier molecular flexibility index (Phi) is 4.08. The van der Waals surface area contributed by atoms with Gasteiger partial charge in [0, 0.05) is 59.2 Å². The van der Waals surface area contributed by atoms with Gasteiger partial charge in [0.15, 0.2) is 6.61 Å². The lowest BCUT2D eigenvalue weighted by Gasteiger charge is -2.27. The molecule has 0 aliphatic carbocycles. The molecule has 146 valence electrons. The number of carbonyl (C=O) groups excluding carboxylic acids is 1. The molecule has 1 N–H and O–H groups in total. The largest absolute Gasteiger partial charge is 0.484 e. The topological polar surface area (TPSA) is 75.5 Å². The van der Waals surface area contributed by atoms with Gasteiger partial charge in [-0.2, -0.15) is 0 Å². The van der Waals surface area contributed by atoms with Crippen molar-refractivity contribution in [3.05, 3.63) is 76.0 Å². The number of fused-ring (bicyclic) bond motifs is 4. The highest BCUT2D eigenvalue weighted by atomic mass is 19.1. The predicted octanol–water partition coefficient (Wildman–Crippen LogP) is 3.38. The summed E-state index contributed by atoms with van der Waals surface area (Å²) >= 11 is 0. The first-order valence-electron chi connectivity index (χ1n) is 9.30. The van der Waals surface area contributed by atoms with Crippen molar-refractivity contribution in [1.82, 2.24) is 9.88 Å². The molecule has 0 bridgehead atoms. The molecule has 2 aromatic carbocycles. The van der Waals surface area contributed by atoms with Crippen molar-refractivity contribution in [2.75, 3.05) is 13.2 Å². The van der Waals surface area contributed by atoms with E-state index in [1.165, 1.54) is 18.2 Å². The normalized spacial score (nSPS) is 13.6. The number of rotatable bonds is 3. The fourth-order valence-corrected chi connectivity index (χ4v) is 3.77. The maximum atomic E-state index is 13.6. The van der Waals surface area contributed by atoms with Gasteiger partial charge in [-0.1, -0.05) is 0 Å². The number of nitrogens with one attached hydrogen (secondary N) is 1. The summed E-state index contributed by atoms with van der Waals surface area (Å²) in [5.74, 6) is -0.00267. The maximum absolute atomic E-state index is 13.6. The standard InChI is InChI=1S/C22H17FN2O4/c23-14-3-5-18-16(9-14)17-11-25(8-7-19(17)24-18)21(26)12-28-15-4-1-13-2-6-22(27)29-20(13)10-15/h1-6,9-10,24H,7-8,11-12H2. The van der Waals surface area contributed by atoms with Crippen LogP contribution in [0.4, 0.5) is 4.39 Å². The molecule has 1 amide bonds. The summed E-state index contributed by atoms with van der Waals surface area (Å²) in [6, 6.07) is 12.8. The Balaban J connectivity index is 1.31. The van der Waals surface area contributed by atoms with Gasteiger partial charge in [-0.25, -0.2) is 9.18 Å². The second-order valence-corrected chi connectivity index (χ2v) is 7.08. The zero-order valence-electron chi connectivity index (χ0n) is 15.4. The number of aromatic nitrogens is 1. The minimum Gasteiger partial charge on any atom is -0.484 e. The van der Waals surface area contributed by atoms with Gasteiger partial charge in [-0.3, -0.25) is 4.79 Å². The van der Waals surface area contributed by atoms with Crippen LogP contribution in [0.25, 0.3) is 21.9 Å². The Hall–Kier alpha value is -3.61. The van der Waals surface area contributed by atoms with E-state index >= 15 is 0 Å². The molecule has 0 saturated carbocycles. The van der Waals surface area contributed by atoms with Gasteiger partial charge < -0.3 is 19.0 Å². The smallest absolute Gasteiger partial charge is 0.336 e. The lowest BCUT2D eigenvalue weighted by atomic mass is 10.0. The van der Waals surface area contributed by atoms with Crippen LogP contribution in [0.1, 0.15) is 11.3 Å². The molecule has 0 spiro atoms. The second-order valence-electron chi connectivity index (χ2n) is 7.08. The highest BCUT2D eigenvalue weighted by Crippen LogP contribution is 2.28. The molecule has 2 aromatic heterocycles. The zero-order chi connectivity index (χ0) is 20.0. The second kappa shape index (κ2) is 6.77. The summed E-state index contributed by atoms with van der Waals surface area (Å²) in [6.07, 6.45) is 0.679. The van der Waals surface area contributed by atoms with Gasteiger partial charge in [-0.05, 0) is 36.4 Å². The highest BCUT2D eigenvalue weighted by molar-refractivity contribution is 5.86. The molecule has 0 fully saturated rings. The van der Waals surface area contributed by atoms with Gasteiger partial charge in [0.2, 0.25) is 0 Å². The van der Waals surface area contributed by atoms with Crippen molar-refractivity contribution in [3.8, 4) is 5.75 Å². The Morgan fingerprint density at radius 3 is 2.93 bits per heavy atom. The van der Waals surface area contributed by atoms with E-state index in [9.17, 15) is 14.0 Å². The Labute approximate surface area is 164 Å². The van der Waals surface area contributed by atoms with E-state index in [0.29, 0.717) is 30.8 Å². The lowest BCUT2D eigenvalue weighted by molar-refractivity contribution is -0.134. The quantitative estimate of drug-likeness (QED) is 0.543. The Morgan fingerprint density at radius 2 is 2.03 bits per heavy atom. The molecule has 3 heterocycles. The molecule has 0 atom stereocenters. The van der Waals surface area contributed by atoms with E-state index < -0.39 is 5.63 Å². The minimum absolute atomic E-state index is 0.130. The van der Waals surface area contributed by atoms with Crippen LogP contribution in [0, 0.1) is 5.82 Å². The number of benzene rings is 2. The average Bonchev–Trinajstić information content (AvgIpc) is 3.08. The van der Waals surface area contributed by atoms with E-state index in [0.717, 1.165) is 27.5 Å². The van der Waals surface area contributed by atoms with Crippen LogP contribution in [0.3, 0.4) is 0 Å². The van der Waals surface area contributed by atoms with Crippen LogP contribution in [-0.2, 0) is 17.8 Å². The summed E-state index contributed by atoms with van der Waals surface area (Å²) in [5.41, 5.74) is 2.84. The van der Waals surface area contributed by atoms with E-state index in [1.54, 1.807) is 35.2 Å². The predicted molar refractivity (Wildman–Crippen MR) is 105 cm³/mol. The Morgan fingerprint density at radius 1 is 1.17 bits per heavy atom. The summed E-state index contributed by atoms with van der Waals surface area (Å²) in [4.78, 5) is 29.1. The van der Waals surface area contributed by atoms with Crippen LogP contribution in [-0.4, -0.2) is 28.9 Å². The molecule has 4 aromatic rings. The van der Waals surface area contributed by atoms with Crippen LogP contribution in [0.5, 0.6) is 5.75 Å². The van der Waals surface area contributed by atoms with Gasteiger partial charge in [-0.15, -0.1) is 0 Å². The van der Waals surface area contributed by atoms with E-state index in [2.05, 4.69) is 4.98 Å². The third-order valence-corrected chi connectivity index (χ3v) is 5.25. The van der Waals surface area contributed by atoms with Crippen molar-refractivity contribution < 1.29 is 18.3 Å². The molecule has 0 radical (unpaired) electrons. The van der Waals surface area contributed by atoms with Crippen LogP contribution in [0.15, 0.2) is 57.7 Å². The number of amides is 1. The number of hydrogen-bond donors (Lipinski definition) is 1. The summed E-state index contributed by atoms with van der Waals surface area (Å²) in [7, 11) is 0. The zero-order valence-corrected chi connectivity index (χ0v) is 15.4.